The molecule has 0 saturated heterocycles. The molecule has 78 valence electrons. The monoisotopic (exact) mass is 194 g/mol. The highest BCUT2D eigenvalue weighted by Crippen LogP contribution is 2.23. The van der Waals surface area contributed by atoms with Gasteiger partial charge < -0.3 is 15.4 Å². The molecule has 3 heteroatoms. The van der Waals surface area contributed by atoms with E-state index in [4.69, 9.17) is 5.41 Å². The molecule has 0 spiro atoms. The van der Waals surface area contributed by atoms with Gasteiger partial charge in [-0.1, -0.05) is 0 Å². The Hall–Kier alpha value is -1.25. The first-order valence-corrected chi connectivity index (χ1v) is 5.11. The van der Waals surface area contributed by atoms with Gasteiger partial charge in [0.05, 0.1) is 0 Å². The summed E-state index contributed by atoms with van der Waals surface area (Å²) in [5.74, 6) is 0.258. The summed E-state index contributed by atoms with van der Waals surface area (Å²) in [6.07, 6.45) is 4.73. The molecule has 0 unspecified atom stereocenters. The third kappa shape index (κ3) is 2.16. The molecule has 0 atom stereocenters. The first-order chi connectivity index (χ1) is 6.72. The fraction of sp³-hybridized carbons (Fsp3) is 0.545. The highest BCUT2D eigenvalue weighted by molar-refractivity contribution is 5.77. The predicted molar refractivity (Wildman–Crippen MR) is 58.7 cm³/mol. The van der Waals surface area contributed by atoms with E-state index >= 15 is 0 Å². The van der Waals surface area contributed by atoms with Crippen molar-refractivity contribution in [3.05, 3.63) is 23.1 Å². The zero-order valence-electron chi connectivity index (χ0n) is 8.88. The smallest absolute Gasteiger partial charge is 0.122 e. The van der Waals surface area contributed by atoms with Gasteiger partial charge in [0.2, 0.25) is 0 Å². The van der Waals surface area contributed by atoms with Gasteiger partial charge in [-0.2, -0.15) is 0 Å². The summed E-state index contributed by atoms with van der Waals surface area (Å²) in [6, 6.07) is 0. The number of rotatable bonds is 4. The third-order valence-corrected chi connectivity index (χ3v) is 2.63. The molecular formula is C11H18N2O. The minimum Gasteiger partial charge on any atom is -0.508 e. The summed E-state index contributed by atoms with van der Waals surface area (Å²) in [4.78, 5) is 2.23. The van der Waals surface area contributed by atoms with Gasteiger partial charge in [-0.05, 0) is 32.8 Å². The normalized spacial score (nSPS) is 16.6. The molecule has 1 rings (SSSR count). The molecule has 14 heavy (non-hydrogen) atoms. The quantitative estimate of drug-likeness (QED) is 0.675. The lowest BCUT2D eigenvalue weighted by molar-refractivity contribution is 0.352. The van der Waals surface area contributed by atoms with Gasteiger partial charge in [0, 0.05) is 30.6 Å². The molecule has 0 amide bonds. The molecular weight excluding hydrogens is 176 g/mol. The highest BCUT2D eigenvalue weighted by atomic mass is 16.3. The van der Waals surface area contributed by atoms with E-state index in [-0.39, 0.29) is 5.76 Å². The molecule has 3 nitrogen and oxygen atoms in total. The van der Waals surface area contributed by atoms with Crippen LogP contribution in [0.2, 0.25) is 0 Å². The van der Waals surface area contributed by atoms with Crippen molar-refractivity contribution >= 4 is 6.21 Å². The minimum absolute atomic E-state index is 0.258. The summed E-state index contributed by atoms with van der Waals surface area (Å²) >= 11 is 0. The first kappa shape index (κ1) is 10.8. The number of nitrogens with one attached hydrogen (secondary N) is 1. The standard InChI is InChI=1S/C11H18N2O/c1-3-13(4-2)10-6-5-9(8-12)11(14)7-10/h7-8,12,14H,3-6H2,1-2H3. The van der Waals surface area contributed by atoms with E-state index in [1.54, 1.807) is 6.08 Å². The summed E-state index contributed by atoms with van der Waals surface area (Å²) < 4.78 is 0. The Morgan fingerprint density at radius 3 is 2.50 bits per heavy atom. The second-order valence-electron chi connectivity index (χ2n) is 3.36. The average Bonchev–Trinajstić information content (AvgIpc) is 2.20. The maximum Gasteiger partial charge on any atom is 0.122 e. The van der Waals surface area contributed by atoms with Gasteiger partial charge in [0.1, 0.15) is 5.76 Å². The molecule has 0 heterocycles. The van der Waals surface area contributed by atoms with Crippen LogP contribution in [0.1, 0.15) is 26.7 Å². The van der Waals surface area contributed by atoms with E-state index in [1.165, 1.54) is 11.9 Å². The number of aliphatic hydroxyl groups excluding tert-OH is 1. The van der Waals surface area contributed by atoms with Crippen molar-refractivity contribution in [3.63, 3.8) is 0 Å². The molecule has 2 N–H and O–H groups in total. The minimum atomic E-state index is 0.258. The maximum atomic E-state index is 9.60. The third-order valence-electron chi connectivity index (χ3n) is 2.63. The molecule has 1 aliphatic carbocycles. The van der Waals surface area contributed by atoms with Gasteiger partial charge >= 0.3 is 0 Å². The van der Waals surface area contributed by atoms with Crippen LogP contribution in [0.5, 0.6) is 0 Å². The fourth-order valence-electron chi connectivity index (χ4n) is 1.74. The lowest BCUT2D eigenvalue weighted by Gasteiger charge is -2.27. The number of hydrogen-bond donors (Lipinski definition) is 2. The van der Waals surface area contributed by atoms with Crippen LogP contribution >= 0.6 is 0 Å². The van der Waals surface area contributed by atoms with Crippen LogP contribution in [0, 0.1) is 5.41 Å². The van der Waals surface area contributed by atoms with Crippen LogP contribution in [0.4, 0.5) is 0 Å². The second kappa shape index (κ2) is 4.84. The predicted octanol–water partition coefficient (Wildman–Crippen LogP) is 2.47. The van der Waals surface area contributed by atoms with Gasteiger partial charge in [-0.15, -0.1) is 0 Å². The maximum absolute atomic E-state index is 9.60. The summed E-state index contributed by atoms with van der Waals surface area (Å²) in [6.45, 7) is 6.15. The zero-order chi connectivity index (χ0) is 10.6. The van der Waals surface area contributed by atoms with E-state index < -0.39 is 0 Å². The van der Waals surface area contributed by atoms with Crippen molar-refractivity contribution in [1.29, 1.82) is 5.41 Å². The molecule has 0 aliphatic heterocycles. The van der Waals surface area contributed by atoms with Crippen LogP contribution < -0.4 is 0 Å². The van der Waals surface area contributed by atoms with Crippen LogP contribution in [-0.2, 0) is 0 Å². The lowest BCUT2D eigenvalue weighted by atomic mass is 10.0. The van der Waals surface area contributed by atoms with Gasteiger partial charge in [-0.25, -0.2) is 0 Å². The summed E-state index contributed by atoms with van der Waals surface area (Å²) in [5, 5.41) is 16.7. The first-order valence-electron chi connectivity index (χ1n) is 5.11. The van der Waals surface area contributed by atoms with Gasteiger partial charge in [-0.3, -0.25) is 0 Å². The van der Waals surface area contributed by atoms with Gasteiger partial charge in [0.25, 0.3) is 0 Å². The molecule has 0 radical (unpaired) electrons. The number of nitrogens with zero attached hydrogens (tertiary/aromatic N) is 1. The molecule has 0 aromatic heterocycles. The largest absolute Gasteiger partial charge is 0.508 e. The van der Waals surface area contributed by atoms with Crippen molar-refractivity contribution in [2.45, 2.75) is 26.7 Å². The topological polar surface area (TPSA) is 47.3 Å². The Labute approximate surface area is 85.2 Å². The molecule has 0 fully saturated rings. The Morgan fingerprint density at radius 1 is 1.43 bits per heavy atom. The molecule has 1 aliphatic rings. The fourth-order valence-corrected chi connectivity index (χ4v) is 1.74. The van der Waals surface area contributed by atoms with E-state index in [0.29, 0.717) is 0 Å². The Morgan fingerprint density at radius 2 is 2.07 bits per heavy atom. The van der Waals surface area contributed by atoms with Crippen LogP contribution in [0.3, 0.4) is 0 Å². The van der Waals surface area contributed by atoms with Crippen molar-refractivity contribution in [2.75, 3.05) is 13.1 Å². The van der Waals surface area contributed by atoms with E-state index in [9.17, 15) is 5.11 Å². The molecule has 0 aromatic rings. The average molecular weight is 194 g/mol. The second-order valence-corrected chi connectivity index (χ2v) is 3.36. The summed E-state index contributed by atoms with van der Waals surface area (Å²) in [5.41, 5.74) is 1.92. The van der Waals surface area contributed by atoms with E-state index in [1.807, 2.05) is 0 Å². The number of hydrogen-bond acceptors (Lipinski definition) is 3. The molecule has 0 bridgehead atoms. The van der Waals surface area contributed by atoms with Gasteiger partial charge in [0.15, 0.2) is 0 Å². The molecule has 0 aromatic carbocycles. The van der Waals surface area contributed by atoms with E-state index in [0.717, 1.165) is 31.5 Å². The molecule has 0 saturated carbocycles. The SMILES string of the molecule is CCN(CC)C1=CC(O)=C(C=N)CC1. The van der Waals surface area contributed by atoms with Crippen LogP contribution in [0.25, 0.3) is 0 Å². The van der Waals surface area contributed by atoms with Crippen LogP contribution in [-0.4, -0.2) is 29.3 Å². The van der Waals surface area contributed by atoms with Crippen molar-refractivity contribution in [3.8, 4) is 0 Å². The Kier molecular flexibility index (Phi) is 3.74. The Bertz CT molecular complexity index is 275. The zero-order valence-corrected chi connectivity index (χ0v) is 8.88. The Balaban J connectivity index is 2.84. The summed E-state index contributed by atoms with van der Waals surface area (Å²) in [7, 11) is 0. The van der Waals surface area contributed by atoms with E-state index in [2.05, 4.69) is 18.7 Å². The lowest BCUT2D eigenvalue weighted by Crippen LogP contribution is -2.23. The highest BCUT2D eigenvalue weighted by Gasteiger charge is 2.14. The number of allylic oxidation sites excluding steroid dienone is 3. The van der Waals surface area contributed by atoms with Crippen molar-refractivity contribution < 1.29 is 5.11 Å². The van der Waals surface area contributed by atoms with Crippen LogP contribution in [0.15, 0.2) is 23.1 Å². The van der Waals surface area contributed by atoms with Crippen molar-refractivity contribution in [1.82, 2.24) is 4.90 Å². The number of aliphatic hydroxyl groups is 1. The van der Waals surface area contributed by atoms with Crippen molar-refractivity contribution in [2.24, 2.45) is 0 Å².